The number of amides is 1. The summed E-state index contributed by atoms with van der Waals surface area (Å²) in [5.74, 6) is -2.00. The highest BCUT2D eigenvalue weighted by molar-refractivity contribution is 5.92. The summed E-state index contributed by atoms with van der Waals surface area (Å²) in [7, 11) is 1.77. The third-order valence-electron chi connectivity index (χ3n) is 7.73. The summed E-state index contributed by atoms with van der Waals surface area (Å²) in [6.45, 7) is 1.63. The molecular formula is C27H29F3N2O3. The molecule has 1 saturated heterocycles. The Morgan fingerprint density at radius 3 is 2.46 bits per heavy atom. The second kappa shape index (κ2) is 9.32. The Labute approximate surface area is 201 Å². The molecule has 2 fully saturated rings. The predicted octanol–water partition coefficient (Wildman–Crippen LogP) is 4.99. The van der Waals surface area contributed by atoms with Crippen LogP contribution < -0.4 is 0 Å². The van der Waals surface area contributed by atoms with E-state index >= 15 is 0 Å². The summed E-state index contributed by atoms with van der Waals surface area (Å²) in [6.07, 6.45) is 2.53. The Bertz CT molecular complexity index is 1230. The van der Waals surface area contributed by atoms with Gasteiger partial charge in [-0.05, 0) is 73.1 Å². The number of aromatic nitrogens is 1. The normalized spacial score (nSPS) is 21.6. The van der Waals surface area contributed by atoms with Gasteiger partial charge in [-0.25, -0.2) is 13.2 Å². The molecule has 1 saturated carbocycles. The molecule has 2 N–H and O–H groups in total. The number of benzene rings is 2. The van der Waals surface area contributed by atoms with E-state index in [0.29, 0.717) is 62.1 Å². The molecular weight excluding hydrogens is 457 g/mol. The maximum atomic E-state index is 14.6. The van der Waals surface area contributed by atoms with Gasteiger partial charge >= 0.3 is 0 Å². The monoisotopic (exact) mass is 486 g/mol. The van der Waals surface area contributed by atoms with Gasteiger partial charge in [0.1, 0.15) is 17.5 Å². The van der Waals surface area contributed by atoms with E-state index in [1.165, 1.54) is 18.2 Å². The van der Waals surface area contributed by atoms with Gasteiger partial charge in [-0.3, -0.25) is 4.79 Å². The fourth-order valence-corrected chi connectivity index (χ4v) is 5.63. The van der Waals surface area contributed by atoms with Crippen LogP contribution in [0.15, 0.2) is 36.4 Å². The van der Waals surface area contributed by atoms with E-state index < -0.39 is 11.6 Å². The molecule has 0 bridgehead atoms. The fourth-order valence-electron chi connectivity index (χ4n) is 5.63. The maximum absolute atomic E-state index is 14.6. The highest BCUT2D eigenvalue weighted by atomic mass is 19.1. The number of aromatic amines is 1. The number of H-pyrrole nitrogens is 1. The third-order valence-corrected chi connectivity index (χ3v) is 7.73. The minimum Gasteiger partial charge on any atom is -0.396 e. The SMILES string of the molecule is CN(CC1(CO)CCOCC1)C(=O)C1CC(c2c(-c3ccc(F)cc3)[nH]c3c(F)cc(F)cc23)C1. The lowest BCUT2D eigenvalue weighted by atomic mass is 9.69. The minimum atomic E-state index is -0.688. The van der Waals surface area contributed by atoms with Gasteiger partial charge in [-0.2, -0.15) is 0 Å². The summed E-state index contributed by atoms with van der Waals surface area (Å²) in [5.41, 5.74) is 1.92. The molecule has 35 heavy (non-hydrogen) atoms. The molecule has 0 radical (unpaired) electrons. The smallest absolute Gasteiger partial charge is 0.225 e. The molecule has 0 unspecified atom stereocenters. The fraction of sp³-hybridized carbons (Fsp3) is 0.444. The summed E-state index contributed by atoms with van der Waals surface area (Å²) in [6, 6.07) is 8.03. The van der Waals surface area contributed by atoms with Gasteiger partial charge in [0.2, 0.25) is 5.91 Å². The number of aliphatic hydroxyl groups is 1. The Morgan fingerprint density at radius 2 is 1.80 bits per heavy atom. The van der Waals surface area contributed by atoms with Crippen LogP contribution in [0.1, 0.15) is 37.2 Å². The lowest BCUT2D eigenvalue weighted by molar-refractivity contribution is -0.140. The average Bonchev–Trinajstić information content (AvgIpc) is 3.18. The molecule has 2 heterocycles. The molecule has 5 rings (SSSR count). The highest BCUT2D eigenvalue weighted by Crippen LogP contribution is 2.49. The number of nitrogens with zero attached hydrogens (tertiary/aromatic N) is 1. The van der Waals surface area contributed by atoms with Crippen molar-refractivity contribution in [1.82, 2.24) is 9.88 Å². The van der Waals surface area contributed by atoms with Gasteiger partial charge in [0.05, 0.1) is 17.8 Å². The van der Waals surface area contributed by atoms with Crippen molar-refractivity contribution in [3.05, 3.63) is 59.4 Å². The molecule has 5 nitrogen and oxygen atoms in total. The Balaban J connectivity index is 1.38. The van der Waals surface area contributed by atoms with E-state index in [1.54, 1.807) is 24.1 Å². The highest BCUT2D eigenvalue weighted by Gasteiger charge is 2.41. The largest absolute Gasteiger partial charge is 0.396 e. The van der Waals surface area contributed by atoms with E-state index in [2.05, 4.69) is 4.98 Å². The number of ether oxygens (including phenoxy) is 1. The van der Waals surface area contributed by atoms with Crippen molar-refractivity contribution in [3.63, 3.8) is 0 Å². The summed E-state index contributed by atoms with van der Waals surface area (Å²) in [4.78, 5) is 18.0. The molecule has 8 heteroatoms. The van der Waals surface area contributed by atoms with E-state index in [4.69, 9.17) is 4.74 Å². The van der Waals surface area contributed by atoms with Crippen LogP contribution in [0, 0.1) is 28.8 Å². The number of carbonyl (C=O) groups is 1. The number of aliphatic hydroxyl groups excluding tert-OH is 1. The quantitative estimate of drug-likeness (QED) is 0.516. The zero-order valence-electron chi connectivity index (χ0n) is 19.6. The van der Waals surface area contributed by atoms with Crippen LogP contribution in [0.25, 0.3) is 22.2 Å². The van der Waals surface area contributed by atoms with Crippen LogP contribution in [0.2, 0.25) is 0 Å². The topological polar surface area (TPSA) is 65.6 Å². The molecule has 0 spiro atoms. The van der Waals surface area contributed by atoms with E-state index in [-0.39, 0.29) is 41.1 Å². The average molecular weight is 487 g/mol. The maximum Gasteiger partial charge on any atom is 0.225 e. The number of hydrogen-bond acceptors (Lipinski definition) is 3. The van der Waals surface area contributed by atoms with Crippen molar-refractivity contribution in [3.8, 4) is 11.3 Å². The first-order valence-corrected chi connectivity index (χ1v) is 12.0. The number of hydrogen-bond donors (Lipinski definition) is 2. The summed E-state index contributed by atoms with van der Waals surface area (Å²) >= 11 is 0. The lowest BCUT2D eigenvalue weighted by Gasteiger charge is -2.42. The standard InChI is InChI=1S/C27H29F3N2O3/c1-32(14-27(15-33)6-8-35-9-7-27)26(34)18-10-17(11-18)23-21-12-20(29)13-22(30)25(21)31-24(23)16-2-4-19(28)5-3-16/h2-5,12-13,17-18,31,33H,6-11,14-15H2,1H3. The van der Waals surface area contributed by atoms with Crippen LogP contribution in [-0.4, -0.2) is 54.3 Å². The Morgan fingerprint density at radius 1 is 1.11 bits per heavy atom. The Hall–Kier alpha value is -2.84. The molecule has 2 aliphatic rings. The molecule has 1 aliphatic heterocycles. The van der Waals surface area contributed by atoms with Crippen LogP contribution in [-0.2, 0) is 9.53 Å². The number of halogens is 3. The van der Waals surface area contributed by atoms with Crippen LogP contribution in [0.3, 0.4) is 0 Å². The number of nitrogens with one attached hydrogen (secondary N) is 1. The number of rotatable bonds is 6. The van der Waals surface area contributed by atoms with Crippen molar-refractivity contribution < 1.29 is 27.8 Å². The van der Waals surface area contributed by atoms with E-state index in [1.807, 2.05) is 0 Å². The van der Waals surface area contributed by atoms with E-state index in [0.717, 1.165) is 11.6 Å². The molecule has 1 aromatic heterocycles. The lowest BCUT2D eigenvalue weighted by Crippen LogP contribution is -2.47. The second-order valence-electron chi connectivity index (χ2n) is 10.1. The molecule has 1 aliphatic carbocycles. The van der Waals surface area contributed by atoms with Crippen molar-refractivity contribution in [2.24, 2.45) is 11.3 Å². The molecule has 2 aromatic carbocycles. The van der Waals surface area contributed by atoms with Gasteiger partial charge in [0, 0.05) is 49.6 Å². The molecule has 186 valence electrons. The van der Waals surface area contributed by atoms with Gasteiger partial charge in [0.25, 0.3) is 0 Å². The molecule has 1 amide bonds. The first-order chi connectivity index (χ1) is 16.8. The van der Waals surface area contributed by atoms with Gasteiger partial charge < -0.3 is 19.7 Å². The van der Waals surface area contributed by atoms with Crippen LogP contribution >= 0.6 is 0 Å². The van der Waals surface area contributed by atoms with E-state index in [9.17, 15) is 23.1 Å². The summed E-state index contributed by atoms with van der Waals surface area (Å²) < 4.78 is 47.7. The van der Waals surface area contributed by atoms with Crippen molar-refractivity contribution in [2.45, 2.75) is 31.6 Å². The van der Waals surface area contributed by atoms with Crippen LogP contribution in [0.4, 0.5) is 13.2 Å². The van der Waals surface area contributed by atoms with Gasteiger partial charge in [0.15, 0.2) is 0 Å². The minimum absolute atomic E-state index is 0.00870. The van der Waals surface area contributed by atoms with Crippen molar-refractivity contribution in [1.29, 1.82) is 0 Å². The predicted molar refractivity (Wildman–Crippen MR) is 126 cm³/mol. The molecule has 3 aromatic rings. The zero-order valence-corrected chi connectivity index (χ0v) is 19.6. The third kappa shape index (κ3) is 4.45. The molecule has 0 atom stereocenters. The van der Waals surface area contributed by atoms with Crippen molar-refractivity contribution >= 4 is 16.8 Å². The van der Waals surface area contributed by atoms with Crippen molar-refractivity contribution in [2.75, 3.05) is 33.4 Å². The first kappa shape index (κ1) is 23.9. The zero-order chi connectivity index (χ0) is 24.7. The Kier molecular flexibility index (Phi) is 6.36. The summed E-state index contributed by atoms with van der Waals surface area (Å²) in [5, 5.41) is 10.4. The van der Waals surface area contributed by atoms with Gasteiger partial charge in [-0.1, -0.05) is 0 Å². The van der Waals surface area contributed by atoms with Crippen LogP contribution in [0.5, 0.6) is 0 Å². The number of carbonyl (C=O) groups excluding carboxylic acids is 1. The first-order valence-electron chi connectivity index (χ1n) is 12.0. The second-order valence-corrected chi connectivity index (χ2v) is 10.1. The number of fused-ring (bicyclic) bond motifs is 1. The van der Waals surface area contributed by atoms with Gasteiger partial charge in [-0.15, -0.1) is 0 Å².